The summed E-state index contributed by atoms with van der Waals surface area (Å²) < 4.78 is 5.44. The molecule has 138 valence electrons. The highest BCUT2D eigenvalue weighted by Gasteiger charge is 2.46. The second kappa shape index (κ2) is 6.85. The van der Waals surface area contributed by atoms with Crippen LogP contribution >= 0.6 is 0 Å². The van der Waals surface area contributed by atoms with Crippen LogP contribution in [-0.4, -0.2) is 47.7 Å². The molecule has 6 heteroatoms. The van der Waals surface area contributed by atoms with Crippen LogP contribution in [0, 0.1) is 0 Å². The van der Waals surface area contributed by atoms with Gasteiger partial charge in [0.25, 0.3) is 0 Å². The van der Waals surface area contributed by atoms with Crippen LogP contribution in [0.2, 0.25) is 0 Å². The van der Waals surface area contributed by atoms with E-state index in [0.717, 1.165) is 43.3 Å². The molecule has 2 aromatic rings. The Bertz CT molecular complexity index is 782. The summed E-state index contributed by atoms with van der Waals surface area (Å²) in [5, 5.41) is 0. The van der Waals surface area contributed by atoms with Gasteiger partial charge in [-0.05, 0) is 37.5 Å². The van der Waals surface area contributed by atoms with Crippen molar-refractivity contribution in [3.8, 4) is 5.75 Å². The van der Waals surface area contributed by atoms with Gasteiger partial charge in [-0.2, -0.15) is 0 Å². The monoisotopic (exact) mass is 353 g/mol. The molecule has 26 heavy (non-hydrogen) atoms. The summed E-state index contributed by atoms with van der Waals surface area (Å²) in [6, 6.07) is 9.04. The van der Waals surface area contributed by atoms with E-state index in [2.05, 4.69) is 44.9 Å². The van der Waals surface area contributed by atoms with E-state index in [1.807, 2.05) is 6.07 Å². The van der Waals surface area contributed by atoms with Crippen LogP contribution in [-0.2, 0) is 12.1 Å². The molecule has 0 saturated carbocycles. The lowest BCUT2D eigenvalue weighted by molar-refractivity contribution is 0.101. The Hall–Kier alpha value is -2.18. The predicted molar refractivity (Wildman–Crippen MR) is 102 cm³/mol. The summed E-state index contributed by atoms with van der Waals surface area (Å²) >= 11 is 0. The molecule has 2 fully saturated rings. The van der Waals surface area contributed by atoms with Gasteiger partial charge in [-0.3, -0.25) is 9.88 Å². The lowest BCUT2D eigenvalue weighted by Crippen LogP contribution is -2.55. The van der Waals surface area contributed by atoms with E-state index in [1.165, 1.54) is 12.0 Å². The fourth-order valence-corrected chi connectivity index (χ4v) is 4.57. The maximum atomic E-state index is 5.86. The van der Waals surface area contributed by atoms with Gasteiger partial charge in [0.1, 0.15) is 5.75 Å². The van der Waals surface area contributed by atoms with E-state index in [9.17, 15) is 0 Å². The first kappa shape index (κ1) is 17.2. The zero-order valence-electron chi connectivity index (χ0n) is 15.6. The number of methoxy groups -OCH3 is 1. The van der Waals surface area contributed by atoms with Crippen molar-refractivity contribution in [1.29, 1.82) is 0 Å². The van der Waals surface area contributed by atoms with Crippen molar-refractivity contribution in [2.75, 3.05) is 31.6 Å². The van der Waals surface area contributed by atoms with E-state index in [-0.39, 0.29) is 5.54 Å². The predicted octanol–water partition coefficient (Wildman–Crippen LogP) is 2.14. The van der Waals surface area contributed by atoms with Gasteiger partial charge in [-0.15, -0.1) is 0 Å². The van der Waals surface area contributed by atoms with Gasteiger partial charge in [0.15, 0.2) is 5.82 Å². The van der Waals surface area contributed by atoms with Crippen molar-refractivity contribution < 1.29 is 4.74 Å². The number of anilines is 1. The number of aromatic nitrogens is 2. The minimum Gasteiger partial charge on any atom is -0.497 e. The van der Waals surface area contributed by atoms with Gasteiger partial charge in [0.2, 0.25) is 0 Å². The van der Waals surface area contributed by atoms with Crippen molar-refractivity contribution in [3.05, 3.63) is 47.9 Å². The van der Waals surface area contributed by atoms with Crippen molar-refractivity contribution in [2.24, 2.45) is 5.73 Å². The first-order chi connectivity index (χ1) is 12.7. The van der Waals surface area contributed by atoms with E-state index in [4.69, 9.17) is 10.5 Å². The van der Waals surface area contributed by atoms with Gasteiger partial charge in [-0.1, -0.05) is 12.1 Å². The lowest BCUT2D eigenvalue weighted by Gasteiger charge is -2.45. The average Bonchev–Trinajstić information content (AvgIpc) is 3.05. The van der Waals surface area contributed by atoms with Crippen LogP contribution in [0.25, 0.3) is 0 Å². The first-order valence-electron chi connectivity index (χ1n) is 9.32. The van der Waals surface area contributed by atoms with Crippen LogP contribution in [0.15, 0.2) is 36.7 Å². The molecule has 1 aromatic heterocycles. The number of ether oxygens (including phenoxy) is 1. The van der Waals surface area contributed by atoms with Gasteiger partial charge in [0.05, 0.1) is 12.8 Å². The molecule has 0 bridgehead atoms. The molecule has 3 heterocycles. The zero-order valence-corrected chi connectivity index (χ0v) is 15.6. The molecule has 0 radical (unpaired) electrons. The second-order valence-electron chi connectivity index (χ2n) is 7.37. The molecule has 2 aliphatic rings. The Morgan fingerprint density at radius 3 is 2.92 bits per heavy atom. The van der Waals surface area contributed by atoms with Gasteiger partial charge < -0.3 is 15.4 Å². The number of rotatable bonds is 4. The van der Waals surface area contributed by atoms with Gasteiger partial charge in [-0.25, -0.2) is 4.98 Å². The Labute approximate surface area is 155 Å². The number of benzene rings is 1. The average molecular weight is 353 g/mol. The Morgan fingerprint density at radius 1 is 1.27 bits per heavy atom. The highest BCUT2D eigenvalue weighted by atomic mass is 16.5. The van der Waals surface area contributed by atoms with Crippen LogP contribution in [0.5, 0.6) is 5.75 Å². The van der Waals surface area contributed by atoms with Crippen molar-refractivity contribution in [1.82, 2.24) is 14.9 Å². The maximum absolute atomic E-state index is 5.86. The lowest BCUT2D eigenvalue weighted by atomic mass is 9.89. The van der Waals surface area contributed by atoms with E-state index < -0.39 is 0 Å². The van der Waals surface area contributed by atoms with Gasteiger partial charge >= 0.3 is 0 Å². The zero-order chi connectivity index (χ0) is 18.1. The molecular weight excluding hydrogens is 326 g/mol. The summed E-state index contributed by atoms with van der Waals surface area (Å²) in [5.74, 6) is 1.88. The summed E-state index contributed by atoms with van der Waals surface area (Å²) in [7, 11) is 1.73. The standard InChI is InChI=1S/C20H27N5O/c1-20(15-4-3-5-17(12-15)26-2)7-6-16-14-24(10-11-25(16)20)19-18(13-21)22-8-9-23-19/h3-5,8-9,12,16H,6-7,10-11,13-14,21H2,1-2H3/t16-,20?/m0/s1. The third-order valence-corrected chi connectivity index (χ3v) is 6.02. The maximum Gasteiger partial charge on any atom is 0.151 e. The molecule has 2 saturated heterocycles. The molecule has 4 rings (SSSR count). The van der Waals surface area contributed by atoms with Crippen LogP contribution in [0.1, 0.15) is 31.0 Å². The normalized spacial score (nSPS) is 26.0. The highest BCUT2D eigenvalue weighted by Crippen LogP contribution is 2.44. The number of nitrogens with two attached hydrogens (primary N) is 1. The number of fused-ring (bicyclic) bond motifs is 1. The molecule has 0 aliphatic carbocycles. The van der Waals surface area contributed by atoms with Crippen molar-refractivity contribution in [2.45, 2.75) is 37.9 Å². The van der Waals surface area contributed by atoms with E-state index >= 15 is 0 Å². The molecule has 2 N–H and O–H groups in total. The summed E-state index contributed by atoms with van der Waals surface area (Å²) in [6.45, 7) is 5.73. The fourth-order valence-electron chi connectivity index (χ4n) is 4.57. The summed E-state index contributed by atoms with van der Waals surface area (Å²) in [5.41, 5.74) is 8.15. The molecule has 2 atom stereocenters. The Kier molecular flexibility index (Phi) is 4.54. The molecule has 0 spiro atoms. The Balaban J connectivity index is 1.56. The molecule has 1 aromatic carbocycles. The molecule has 0 amide bonds. The van der Waals surface area contributed by atoms with Crippen molar-refractivity contribution >= 4 is 5.82 Å². The topological polar surface area (TPSA) is 67.5 Å². The third kappa shape index (κ3) is 2.83. The van der Waals surface area contributed by atoms with Crippen LogP contribution in [0.3, 0.4) is 0 Å². The molecule has 6 nitrogen and oxygen atoms in total. The summed E-state index contributed by atoms with van der Waals surface area (Å²) in [4.78, 5) is 14.0. The molecular formula is C20H27N5O. The summed E-state index contributed by atoms with van der Waals surface area (Å²) in [6.07, 6.45) is 5.82. The number of hydrogen-bond donors (Lipinski definition) is 1. The fraction of sp³-hybridized carbons (Fsp3) is 0.500. The second-order valence-corrected chi connectivity index (χ2v) is 7.37. The number of nitrogens with zero attached hydrogens (tertiary/aromatic N) is 4. The largest absolute Gasteiger partial charge is 0.497 e. The van der Waals surface area contributed by atoms with Crippen LogP contribution < -0.4 is 15.4 Å². The number of piperazine rings is 1. The van der Waals surface area contributed by atoms with E-state index in [1.54, 1.807) is 19.5 Å². The molecule has 2 aliphatic heterocycles. The molecule has 1 unspecified atom stereocenters. The first-order valence-corrected chi connectivity index (χ1v) is 9.32. The SMILES string of the molecule is COc1cccc(C2(C)CC[C@H]3CN(c4nccnc4CN)CCN32)c1. The minimum atomic E-state index is 0.0599. The highest BCUT2D eigenvalue weighted by molar-refractivity contribution is 5.44. The van der Waals surface area contributed by atoms with Crippen molar-refractivity contribution in [3.63, 3.8) is 0 Å². The van der Waals surface area contributed by atoms with Gasteiger partial charge in [0, 0.05) is 50.2 Å². The smallest absolute Gasteiger partial charge is 0.151 e. The third-order valence-electron chi connectivity index (χ3n) is 6.02. The van der Waals surface area contributed by atoms with Crippen LogP contribution in [0.4, 0.5) is 5.82 Å². The minimum absolute atomic E-state index is 0.0599. The quantitative estimate of drug-likeness (QED) is 0.908. The van der Waals surface area contributed by atoms with E-state index in [0.29, 0.717) is 12.6 Å². The number of hydrogen-bond acceptors (Lipinski definition) is 6. The Morgan fingerprint density at radius 2 is 2.12 bits per heavy atom.